The smallest absolute Gasteiger partial charge is 0.312 e. The molecule has 25 heavy (non-hydrogen) atoms. The number of fused-ring (bicyclic) bond motifs is 1. The number of phenols is 1. The Labute approximate surface area is 142 Å². The van der Waals surface area contributed by atoms with Crippen LogP contribution in [0, 0.1) is 16.0 Å². The Hall–Kier alpha value is -2.90. The van der Waals surface area contributed by atoms with Gasteiger partial charge in [0.15, 0.2) is 11.2 Å². The van der Waals surface area contributed by atoms with Gasteiger partial charge in [-0.15, -0.1) is 0 Å². The molecule has 1 saturated carbocycles. The first kappa shape index (κ1) is 16.9. The van der Waals surface area contributed by atoms with Crippen molar-refractivity contribution in [2.24, 2.45) is 5.92 Å². The number of benzene rings is 1. The van der Waals surface area contributed by atoms with Crippen LogP contribution in [0.2, 0.25) is 0 Å². The highest BCUT2D eigenvalue weighted by Crippen LogP contribution is 2.30. The SMILES string of the molecule is O=C(NCC1CCCCC1)c1cc(=O)c2c(O)ccc([N+](=O)[O-])c2o1. The Morgan fingerprint density at radius 3 is 2.72 bits per heavy atom. The lowest BCUT2D eigenvalue weighted by atomic mass is 9.89. The summed E-state index contributed by atoms with van der Waals surface area (Å²) in [5.74, 6) is -0.934. The first-order valence-corrected chi connectivity index (χ1v) is 8.20. The maximum atomic E-state index is 12.3. The largest absolute Gasteiger partial charge is 0.507 e. The van der Waals surface area contributed by atoms with Crippen LogP contribution >= 0.6 is 0 Å². The molecule has 0 bridgehead atoms. The standard InChI is InChI=1S/C17H18N2O6/c20-12-7-6-11(19(23)24)16-15(12)13(21)8-14(25-16)17(22)18-9-10-4-2-1-3-5-10/h6-8,10,20H,1-5,9H2,(H,18,22). The molecule has 1 aliphatic carbocycles. The van der Waals surface area contributed by atoms with Gasteiger partial charge < -0.3 is 14.8 Å². The maximum absolute atomic E-state index is 12.3. The fourth-order valence-electron chi connectivity index (χ4n) is 3.20. The molecule has 0 aliphatic heterocycles. The molecule has 8 heteroatoms. The maximum Gasteiger partial charge on any atom is 0.312 e. The van der Waals surface area contributed by atoms with E-state index >= 15 is 0 Å². The summed E-state index contributed by atoms with van der Waals surface area (Å²) in [6.45, 7) is 0.475. The number of nitrogens with one attached hydrogen (secondary N) is 1. The van der Waals surface area contributed by atoms with E-state index in [2.05, 4.69) is 5.32 Å². The summed E-state index contributed by atoms with van der Waals surface area (Å²) in [7, 11) is 0. The van der Waals surface area contributed by atoms with E-state index in [1.807, 2.05) is 0 Å². The fraction of sp³-hybridized carbons (Fsp3) is 0.412. The monoisotopic (exact) mass is 346 g/mol. The van der Waals surface area contributed by atoms with E-state index in [1.54, 1.807) is 0 Å². The quantitative estimate of drug-likeness (QED) is 0.648. The van der Waals surface area contributed by atoms with Gasteiger partial charge in [0, 0.05) is 18.7 Å². The average molecular weight is 346 g/mol. The first-order valence-electron chi connectivity index (χ1n) is 8.20. The van der Waals surface area contributed by atoms with Crippen molar-refractivity contribution in [3.8, 4) is 5.75 Å². The summed E-state index contributed by atoms with van der Waals surface area (Å²) in [5.41, 5.74) is -1.59. The minimum Gasteiger partial charge on any atom is -0.507 e. The minimum absolute atomic E-state index is 0.304. The van der Waals surface area contributed by atoms with Gasteiger partial charge in [0.05, 0.1) is 4.92 Å². The van der Waals surface area contributed by atoms with Crippen LogP contribution in [-0.2, 0) is 0 Å². The average Bonchev–Trinajstić information content (AvgIpc) is 2.60. The number of phenolic OH excluding ortho intramolecular Hbond substituents is 1. The van der Waals surface area contributed by atoms with Crippen LogP contribution in [-0.4, -0.2) is 22.5 Å². The zero-order valence-corrected chi connectivity index (χ0v) is 13.5. The predicted molar refractivity (Wildman–Crippen MR) is 89.7 cm³/mol. The highest BCUT2D eigenvalue weighted by atomic mass is 16.6. The second kappa shape index (κ2) is 6.92. The highest BCUT2D eigenvalue weighted by Gasteiger charge is 2.23. The number of hydrogen-bond donors (Lipinski definition) is 2. The Bertz CT molecular complexity index is 883. The topological polar surface area (TPSA) is 123 Å². The summed E-state index contributed by atoms with van der Waals surface area (Å²) in [6.07, 6.45) is 5.56. The number of nitro groups is 1. The van der Waals surface area contributed by atoms with E-state index in [-0.39, 0.29) is 11.1 Å². The number of non-ortho nitro benzene ring substituents is 1. The van der Waals surface area contributed by atoms with Gasteiger partial charge in [-0.1, -0.05) is 19.3 Å². The molecule has 0 atom stereocenters. The summed E-state index contributed by atoms with van der Waals surface area (Å²) >= 11 is 0. The van der Waals surface area contributed by atoms with Gasteiger partial charge in [-0.2, -0.15) is 0 Å². The molecule has 132 valence electrons. The minimum atomic E-state index is -0.728. The molecule has 1 fully saturated rings. The van der Waals surface area contributed by atoms with E-state index in [0.29, 0.717) is 12.5 Å². The van der Waals surface area contributed by atoms with Crippen LogP contribution in [0.1, 0.15) is 42.7 Å². The van der Waals surface area contributed by atoms with Gasteiger partial charge in [0.1, 0.15) is 11.1 Å². The number of nitrogens with zero attached hydrogens (tertiary/aromatic N) is 1. The molecule has 2 N–H and O–H groups in total. The molecule has 8 nitrogen and oxygen atoms in total. The number of carbonyl (C=O) groups excluding carboxylic acids is 1. The Morgan fingerprint density at radius 1 is 1.32 bits per heavy atom. The lowest BCUT2D eigenvalue weighted by Gasteiger charge is -2.21. The van der Waals surface area contributed by atoms with Crippen LogP contribution in [0.4, 0.5) is 5.69 Å². The zero-order chi connectivity index (χ0) is 18.0. The van der Waals surface area contributed by atoms with Gasteiger partial charge in [-0.3, -0.25) is 19.7 Å². The van der Waals surface area contributed by atoms with Crippen molar-refractivity contribution in [3.63, 3.8) is 0 Å². The lowest BCUT2D eigenvalue weighted by Crippen LogP contribution is -2.30. The predicted octanol–water partition coefficient (Wildman–Crippen LogP) is 2.72. The molecular weight excluding hydrogens is 328 g/mol. The summed E-state index contributed by atoms with van der Waals surface area (Å²) in [4.78, 5) is 34.8. The Balaban J connectivity index is 1.91. The molecule has 0 radical (unpaired) electrons. The normalized spacial score (nSPS) is 15.2. The van der Waals surface area contributed by atoms with Crippen LogP contribution in [0.15, 0.2) is 27.4 Å². The van der Waals surface area contributed by atoms with Crippen LogP contribution in [0.25, 0.3) is 11.0 Å². The van der Waals surface area contributed by atoms with Gasteiger partial charge in [-0.25, -0.2) is 0 Å². The van der Waals surface area contributed by atoms with E-state index in [4.69, 9.17) is 4.42 Å². The van der Waals surface area contributed by atoms with E-state index in [0.717, 1.165) is 43.9 Å². The Morgan fingerprint density at radius 2 is 2.04 bits per heavy atom. The van der Waals surface area contributed by atoms with Crippen LogP contribution in [0.5, 0.6) is 5.75 Å². The molecule has 0 unspecified atom stereocenters. The van der Waals surface area contributed by atoms with E-state index in [9.17, 15) is 24.8 Å². The molecule has 0 saturated heterocycles. The number of amides is 1. The Kier molecular flexibility index (Phi) is 4.69. The molecule has 1 aromatic heterocycles. The van der Waals surface area contributed by atoms with E-state index in [1.165, 1.54) is 6.42 Å². The molecular formula is C17H18N2O6. The number of rotatable bonds is 4. The lowest BCUT2D eigenvalue weighted by molar-refractivity contribution is -0.383. The summed E-state index contributed by atoms with van der Waals surface area (Å²) in [6, 6.07) is 3.03. The summed E-state index contributed by atoms with van der Waals surface area (Å²) < 4.78 is 5.30. The van der Waals surface area contributed by atoms with Crippen molar-refractivity contribution in [3.05, 3.63) is 44.3 Å². The molecule has 1 amide bonds. The van der Waals surface area contributed by atoms with Gasteiger partial charge >= 0.3 is 5.69 Å². The third-order valence-electron chi connectivity index (χ3n) is 4.53. The van der Waals surface area contributed by atoms with Gasteiger partial charge in [0.25, 0.3) is 5.91 Å². The zero-order valence-electron chi connectivity index (χ0n) is 13.5. The molecule has 3 rings (SSSR count). The van der Waals surface area contributed by atoms with Crippen molar-refractivity contribution < 1.29 is 19.2 Å². The molecule has 1 aliphatic rings. The third kappa shape index (κ3) is 3.47. The molecule has 1 heterocycles. The number of nitro benzene ring substituents is 1. The summed E-state index contributed by atoms with van der Waals surface area (Å²) in [5, 5.41) is 23.3. The van der Waals surface area contributed by atoms with Crippen molar-refractivity contribution in [1.82, 2.24) is 5.32 Å². The van der Waals surface area contributed by atoms with Crippen molar-refractivity contribution >= 4 is 22.6 Å². The molecule has 0 spiro atoms. The van der Waals surface area contributed by atoms with Crippen LogP contribution in [0.3, 0.4) is 0 Å². The number of hydrogen-bond acceptors (Lipinski definition) is 6. The van der Waals surface area contributed by atoms with Crippen molar-refractivity contribution in [2.45, 2.75) is 32.1 Å². The molecule has 2 aromatic rings. The molecule has 1 aromatic carbocycles. The van der Waals surface area contributed by atoms with Crippen molar-refractivity contribution in [2.75, 3.05) is 6.54 Å². The van der Waals surface area contributed by atoms with Gasteiger partial charge in [0.2, 0.25) is 5.58 Å². The third-order valence-corrected chi connectivity index (χ3v) is 4.53. The van der Waals surface area contributed by atoms with E-state index < -0.39 is 33.3 Å². The first-order chi connectivity index (χ1) is 12.0. The second-order valence-corrected chi connectivity index (χ2v) is 6.25. The highest BCUT2D eigenvalue weighted by molar-refractivity contribution is 5.96. The fourth-order valence-corrected chi connectivity index (χ4v) is 3.20. The second-order valence-electron chi connectivity index (χ2n) is 6.25. The number of aromatic hydroxyl groups is 1. The van der Waals surface area contributed by atoms with Gasteiger partial charge in [-0.05, 0) is 24.8 Å². The number of carbonyl (C=O) groups is 1. The van der Waals surface area contributed by atoms with Crippen LogP contribution < -0.4 is 10.7 Å². The van der Waals surface area contributed by atoms with Crippen molar-refractivity contribution in [1.29, 1.82) is 0 Å².